The van der Waals surface area contributed by atoms with Gasteiger partial charge in [0.1, 0.15) is 11.5 Å². The molecule has 1 N–H and O–H groups in total. The number of halogens is 1. The van der Waals surface area contributed by atoms with Crippen LogP contribution in [0, 0.1) is 6.92 Å². The van der Waals surface area contributed by atoms with Crippen LogP contribution >= 0.6 is 11.6 Å². The van der Waals surface area contributed by atoms with E-state index in [1.807, 2.05) is 49.4 Å². The van der Waals surface area contributed by atoms with Gasteiger partial charge in [0.25, 0.3) is 0 Å². The zero-order chi connectivity index (χ0) is 18.5. The quantitative estimate of drug-likeness (QED) is 0.566. The topological polar surface area (TPSA) is 51.5 Å². The van der Waals surface area contributed by atoms with E-state index in [1.54, 1.807) is 19.1 Å². The van der Waals surface area contributed by atoms with E-state index in [1.165, 1.54) is 0 Å². The zero-order valence-corrected chi connectivity index (χ0v) is 15.5. The third-order valence-corrected chi connectivity index (χ3v) is 4.47. The molecule has 0 saturated heterocycles. The maximum Gasteiger partial charge on any atom is 0.338 e. The van der Waals surface area contributed by atoms with Gasteiger partial charge in [-0.05, 0) is 61.9 Å². The van der Waals surface area contributed by atoms with Gasteiger partial charge in [0, 0.05) is 16.3 Å². The van der Waals surface area contributed by atoms with E-state index in [4.69, 9.17) is 20.8 Å². The molecule has 0 atom stereocenters. The van der Waals surface area contributed by atoms with Gasteiger partial charge in [-0.25, -0.2) is 4.79 Å². The Morgan fingerprint density at radius 2 is 1.88 bits per heavy atom. The highest BCUT2D eigenvalue weighted by Crippen LogP contribution is 2.29. The lowest BCUT2D eigenvalue weighted by Gasteiger charge is -2.07. The van der Waals surface area contributed by atoms with Gasteiger partial charge in [-0.15, -0.1) is 0 Å². The first-order valence-electron chi connectivity index (χ1n) is 8.43. The lowest BCUT2D eigenvalue weighted by atomic mass is 10.1. The van der Waals surface area contributed by atoms with Crippen molar-refractivity contribution >= 4 is 23.3 Å². The predicted molar refractivity (Wildman–Crippen MR) is 104 cm³/mol. The van der Waals surface area contributed by atoms with Gasteiger partial charge in [0.05, 0.1) is 18.7 Å². The number of rotatable bonds is 6. The summed E-state index contributed by atoms with van der Waals surface area (Å²) in [4.78, 5) is 11.7. The van der Waals surface area contributed by atoms with Crippen LogP contribution in [0.2, 0.25) is 5.02 Å². The lowest BCUT2D eigenvalue weighted by Crippen LogP contribution is -2.05. The number of hydrogen-bond donors (Lipinski definition) is 1. The third-order valence-electron chi connectivity index (χ3n) is 4.06. The van der Waals surface area contributed by atoms with Crippen LogP contribution in [0.1, 0.15) is 28.6 Å². The minimum absolute atomic E-state index is 0.313. The Bertz CT molecular complexity index is 900. The summed E-state index contributed by atoms with van der Waals surface area (Å²) in [5, 5.41) is 4.00. The zero-order valence-electron chi connectivity index (χ0n) is 14.7. The fourth-order valence-corrected chi connectivity index (χ4v) is 2.79. The van der Waals surface area contributed by atoms with Gasteiger partial charge in [0.2, 0.25) is 0 Å². The first-order valence-corrected chi connectivity index (χ1v) is 8.81. The molecule has 0 unspecified atom stereocenters. The van der Waals surface area contributed by atoms with E-state index < -0.39 is 0 Å². The molecule has 3 aromatic rings. The van der Waals surface area contributed by atoms with Crippen LogP contribution < -0.4 is 5.32 Å². The molecule has 0 aliphatic rings. The number of carbonyl (C=O) groups is 1. The van der Waals surface area contributed by atoms with Gasteiger partial charge in [0.15, 0.2) is 0 Å². The van der Waals surface area contributed by atoms with Crippen molar-refractivity contribution in [2.45, 2.75) is 20.4 Å². The molecule has 134 valence electrons. The molecule has 3 rings (SSSR count). The molecule has 1 aromatic heterocycles. The van der Waals surface area contributed by atoms with Crippen LogP contribution in [0.3, 0.4) is 0 Å². The Labute approximate surface area is 157 Å². The standard InChI is InChI=1S/C21H20ClNO3/c1-3-25-21(24)15-7-9-16(10-8-15)23-13-17-11-12-20(26-17)18-5-4-6-19(22)14(18)2/h4-12,23H,3,13H2,1-2H3. The van der Waals surface area contributed by atoms with Gasteiger partial charge >= 0.3 is 5.97 Å². The summed E-state index contributed by atoms with van der Waals surface area (Å²) in [6.07, 6.45) is 0. The van der Waals surface area contributed by atoms with Gasteiger partial charge in [-0.1, -0.05) is 23.7 Å². The highest BCUT2D eigenvalue weighted by atomic mass is 35.5. The lowest BCUT2D eigenvalue weighted by molar-refractivity contribution is 0.0526. The molecule has 0 aliphatic carbocycles. The Kier molecular flexibility index (Phi) is 5.64. The van der Waals surface area contributed by atoms with Gasteiger partial charge in [-0.2, -0.15) is 0 Å². The molecule has 0 radical (unpaired) electrons. The van der Waals surface area contributed by atoms with Crippen LogP contribution in [-0.4, -0.2) is 12.6 Å². The molecule has 0 bridgehead atoms. The largest absolute Gasteiger partial charge is 0.462 e. The Balaban J connectivity index is 1.65. The highest BCUT2D eigenvalue weighted by Gasteiger charge is 2.10. The van der Waals surface area contributed by atoms with E-state index >= 15 is 0 Å². The molecule has 0 saturated carbocycles. The van der Waals surface area contributed by atoms with E-state index in [0.29, 0.717) is 18.7 Å². The van der Waals surface area contributed by atoms with E-state index in [9.17, 15) is 4.79 Å². The molecular formula is C21H20ClNO3. The highest BCUT2D eigenvalue weighted by molar-refractivity contribution is 6.31. The number of esters is 1. The number of ether oxygens (including phenoxy) is 1. The summed E-state index contributed by atoms with van der Waals surface area (Å²) in [7, 11) is 0. The maximum absolute atomic E-state index is 11.7. The summed E-state index contributed by atoms with van der Waals surface area (Å²) in [6.45, 7) is 4.67. The Morgan fingerprint density at radius 1 is 1.12 bits per heavy atom. The Hall–Kier alpha value is -2.72. The molecule has 0 amide bonds. The molecule has 2 aromatic carbocycles. The van der Waals surface area contributed by atoms with Crippen LogP contribution in [0.25, 0.3) is 11.3 Å². The van der Waals surface area contributed by atoms with Crippen LogP contribution in [0.15, 0.2) is 59.0 Å². The maximum atomic E-state index is 11.7. The average Bonchev–Trinajstić information content (AvgIpc) is 3.12. The SMILES string of the molecule is CCOC(=O)c1ccc(NCc2ccc(-c3cccc(Cl)c3C)o2)cc1. The number of carbonyl (C=O) groups excluding carboxylic acids is 1. The van der Waals surface area contributed by atoms with Crippen molar-refractivity contribution in [3.8, 4) is 11.3 Å². The molecule has 0 spiro atoms. The summed E-state index contributed by atoms with van der Waals surface area (Å²) < 4.78 is 10.9. The van der Waals surface area contributed by atoms with Crippen LogP contribution in [-0.2, 0) is 11.3 Å². The van der Waals surface area contributed by atoms with Crippen molar-refractivity contribution < 1.29 is 13.9 Å². The normalized spacial score (nSPS) is 10.6. The van der Waals surface area contributed by atoms with Crippen molar-refractivity contribution in [1.29, 1.82) is 0 Å². The summed E-state index contributed by atoms with van der Waals surface area (Å²) in [6, 6.07) is 16.8. The number of anilines is 1. The Morgan fingerprint density at radius 3 is 2.62 bits per heavy atom. The minimum atomic E-state index is -0.313. The second-order valence-corrected chi connectivity index (χ2v) is 6.24. The van der Waals surface area contributed by atoms with Gasteiger partial charge in [-0.3, -0.25) is 0 Å². The molecule has 1 heterocycles. The van der Waals surface area contributed by atoms with Crippen molar-refractivity contribution in [2.24, 2.45) is 0 Å². The molecule has 0 fully saturated rings. The first-order chi connectivity index (χ1) is 12.6. The summed E-state index contributed by atoms with van der Waals surface area (Å²) in [5.41, 5.74) is 3.42. The smallest absolute Gasteiger partial charge is 0.338 e. The van der Waals surface area contributed by atoms with E-state index in [2.05, 4.69) is 5.32 Å². The third kappa shape index (κ3) is 4.09. The van der Waals surface area contributed by atoms with Crippen LogP contribution in [0.4, 0.5) is 5.69 Å². The number of hydrogen-bond acceptors (Lipinski definition) is 4. The van der Waals surface area contributed by atoms with Crippen molar-refractivity contribution in [1.82, 2.24) is 0 Å². The van der Waals surface area contributed by atoms with Gasteiger partial charge < -0.3 is 14.5 Å². The molecule has 4 nitrogen and oxygen atoms in total. The van der Waals surface area contributed by atoms with Crippen molar-refractivity contribution in [3.05, 3.63) is 76.5 Å². The monoisotopic (exact) mass is 369 g/mol. The minimum Gasteiger partial charge on any atom is -0.462 e. The van der Waals surface area contributed by atoms with E-state index in [-0.39, 0.29) is 5.97 Å². The molecule has 5 heteroatoms. The predicted octanol–water partition coefficient (Wildman–Crippen LogP) is 5.70. The first kappa shape index (κ1) is 18.1. The second-order valence-electron chi connectivity index (χ2n) is 5.83. The molecule has 26 heavy (non-hydrogen) atoms. The average molecular weight is 370 g/mol. The van der Waals surface area contributed by atoms with Crippen molar-refractivity contribution in [3.63, 3.8) is 0 Å². The number of furan rings is 1. The van der Waals surface area contributed by atoms with Crippen molar-refractivity contribution in [2.75, 3.05) is 11.9 Å². The fraction of sp³-hybridized carbons (Fsp3) is 0.190. The molecular weight excluding hydrogens is 350 g/mol. The fourth-order valence-electron chi connectivity index (χ4n) is 2.62. The second kappa shape index (κ2) is 8.11. The summed E-state index contributed by atoms with van der Waals surface area (Å²) in [5.74, 6) is 1.29. The number of benzene rings is 2. The summed E-state index contributed by atoms with van der Waals surface area (Å²) >= 11 is 6.18. The number of nitrogens with one attached hydrogen (secondary N) is 1. The van der Waals surface area contributed by atoms with E-state index in [0.717, 1.165) is 33.4 Å². The molecule has 0 aliphatic heterocycles. The van der Waals surface area contributed by atoms with Crippen LogP contribution in [0.5, 0.6) is 0 Å².